The fraction of sp³-hybridized carbons (Fsp3) is 1.00. The minimum atomic E-state index is 0.728. The molecule has 1 N–H and O–H groups in total. The Morgan fingerprint density at radius 1 is 0.933 bits per heavy atom. The Labute approximate surface area is 95.8 Å². The Bertz CT molecular complexity index is 111. The van der Waals surface area contributed by atoms with Crippen molar-refractivity contribution in [1.29, 1.82) is 0 Å². The summed E-state index contributed by atoms with van der Waals surface area (Å²) in [5.74, 6) is 0. The van der Waals surface area contributed by atoms with Crippen LogP contribution in [-0.2, 0) is 4.74 Å². The van der Waals surface area contributed by atoms with Crippen LogP contribution in [-0.4, -0.2) is 25.8 Å². The first-order valence-corrected chi connectivity index (χ1v) is 6.66. The molecule has 0 radical (unpaired) electrons. The molecule has 0 saturated heterocycles. The van der Waals surface area contributed by atoms with Crippen LogP contribution >= 0.6 is 0 Å². The summed E-state index contributed by atoms with van der Waals surface area (Å²) in [6.07, 6.45) is 7.45. The quantitative estimate of drug-likeness (QED) is 0.534. The molecule has 0 spiro atoms. The van der Waals surface area contributed by atoms with Crippen LogP contribution in [0.15, 0.2) is 0 Å². The van der Waals surface area contributed by atoms with Gasteiger partial charge in [0.1, 0.15) is 0 Å². The third-order valence-corrected chi connectivity index (χ3v) is 2.52. The van der Waals surface area contributed by atoms with Crippen LogP contribution in [0.1, 0.15) is 59.3 Å². The summed E-state index contributed by atoms with van der Waals surface area (Å²) in [7, 11) is 0. The van der Waals surface area contributed by atoms with Crippen molar-refractivity contribution in [3.8, 4) is 0 Å². The Kier molecular flexibility index (Phi) is 11.9. The largest absolute Gasteiger partial charge is 0.381 e. The van der Waals surface area contributed by atoms with E-state index in [9.17, 15) is 0 Å². The fourth-order valence-electron chi connectivity index (χ4n) is 1.77. The zero-order chi connectivity index (χ0) is 11.4. The van der Waals surface area contributed by atoms with Crippen molar-refractivity contribution in [3.63, 3.8) is 0 Å². The van der Waals surface area contributed by atoms with Crippen LogP contribution in [0.4, 0.5) is 0 Å². The molecule has 0 rings (SSSR count). The van der Waals surface area contributed by atoms with Crippen molar-refractivity contribution in [2.45, 2.75) is 65.3 Å². The van der Waals surface area contributed by atoms with Gasteiger partial charge in [-0.15, -0.1) is 0 Å². The van der Waals surface area contributed by atoms with Gasteiger partial charge in [-0.3, -0.25) is 0 Å². The molecule has 2 nitrogen and oxygen atoms in total. The Hall–Kier alpha value is -0.0800. The first kappa shape index (κ1) is 14.9. The summed E-state index contributed by atoms with van der Waals surface area (Å²) in [5.41, 5.74) is 0. The van der Waals surface area contributed by atoms with Gasteiger partial charge in [-0.25, -0.2) is 0 Å². The maximum atomic E-state index is 5.44. The van der Waals surface area contributed by atoms with E-state index in [1.54, 1.807) is 0 Å². The number of ether oxygens (including phenoxy) is 1. The van der Waals surface area contributed by atoms with Crippen molar-refractivity contribution >= 4 is 0 Å². The van der Waals surface area contributed by atoms with Gasteiger partial charge in [-0.05, 0) is 32.2 Å². The first-order chi connectivity index (χ1) is 7.35. The van der Waals surface area contributed by atoms with Gasteiger partial charge in [0.2, 0.25) is 0 Å². The average molecular weight is 215 g/mol. The van der Waals surface area contributed by atoms with E-state index < -0.39 is 0 Å². The molecule has 0 aliphatic rings. The maximum Gasteiger partial charge on any atom is 0.0478 e. The summed E-state index contributed by atoms with van der Waals surface area (Å²) in [6, 6.07) is 0.728. The lowest BCUT2D eigenvalue weighted by Crippen LogP contribution is -2.30. The molecule has 0 bridgehead atoms. The van der Waals surface area contributed by atoms with Gasteiger partial charge in [0.25, 0.3) is 0 Å². The maximum absolute atomic E-state index is 5.44. The predicted molar refractivity (Wildman–Crippen MR) is 67.3 cm³/mol. The highest BCUT2D eigenvalue weighted by atomic mass is 16.5. The molecule has 0 aliphatic heterocycles. The molecule has 0 unspecified atom stereocenters. The van der Waals surface area contributed by atoms with Crippen molar-refractivity contribution in [1.82, 2.24) is 5.32 Å². The second-order valence-electron chi connectivity index (χ2n) is 4.19. The normalized spacial score (nSPS) is 11.2. The van der Waals surface area contributed by atoms with Gasteiger partial charge >= 0.3 is 0 Å². The van der Waals surface area contributed by atoms with E-state index in [1.807, 2.05) is 0 Å². The van der Waals surface area contributed by atoms with Crippen LogP contribution in [0.25, 0.3) is 0 Å². The molecule has 0 aromatic heterocycles. The molecule has 0 amide bonds. The molecule has 0 atom stereocenters. The number of rotatable bonds is 11. The van der Waals surface area contributed by atoms with E-state index in [1.165, 1.54) is 25.7 Å². The van der Waals surface area contributed by atoms with Crippen LogP contribution in [0, 0.1) is 0 Å². The minimum Gasteiger partial charge on any atom is -0.381 e. The summed E-state index contributed by atoms with van der Waals surface area (Å²) in [4.78, 5) is 0. The average Bonchev–Trinajstić information content (AvgIpc) is 2.24. The van der Waals surface area contributed by atoms with Gasteiger partial charge in [0.15, 0.2) is 0 Å². The van der Waals surface area contributed by atoms with E-state index >= 15 is 0 Å². The molecule has 15 heavy (non-hydrogen) atoms. The standard InChI is InChI=1S/C13H29NO/c1-4-8-13(9-5-2)14-10-7-12-15-11-6-3/h13-14H,4-12H2,1-3H3. The first-order valence-electron chi connectivity index (χ1n) is 6.66. The third kappa shape index (κ3) is 10.2. The van der Waals surface area contributed by atoms with Gasteiger partial charge in [0.05, 0.1) is 0 Å². The number of hydrogen-bond acceptors (Lipinski definition) is 2. The van der Waals surface area contributed by atoms with Gasteiger partial charge < -0.3 is 10.1 Å². The molecule has 0 aromatic rings. The predicted octanol–water partition coefficient (Wildman–Crippen LogP) is 3.36. The second kappa shape index (κ2) is 12.0. The van der Waals surface area contributed by atoms with Crippen molar-refractivity contribution < 1.29 is 4.74 Å². The van der Waals surface area contributed by atoms with Crippen molar-refractivity contribution in [2.24, 2.45) is 0 Å². The van der Waals surface area contributed by atoms with Crippen LogP contribution in [0.5, 0.6) is 0 Å². The van der Waals surface area contributed by atoms with Crippen molar-refractivity contribution in [2.75, 3.05) is 19.8 Å². The van der Waals surface area contributed by atoms with E-state index in [0.29, 0.717) is 0 Å². The zero-order valence-electron chi connectivity index (χ0n) is 10.8. The molecule has 0 fully saturated rings. The molecule has 0 saturated carbocycles. The summed E-state index contributed by atoms with van der Waals surface area (Å²) < 4.78 is 5.44. The zero-order valence-corrected chi connectivity index (χ0v) is 10.8. The summed E-state index contributed by atoms with van der Waals surface area (Å²) in [6.45, 7) is 9.59. The highest BCUT2D eigenvalue weighted by Crippen LogP contribution is 2.04. The van der Waals surface area contributed by atoms with Crippen LogP contribution in [0.3, 0.4) is 0 Å². The van der Waals surface area contributed by atoms with E-state index in [2.05, 4.69) is 26.1 Å². The highest BCUT2D eigenvalue weighted by Gasteiger charge is 2.04. The van der Waals surface area contributed by atoms with E-state index in [4.69, 9.17) is 4.74 Å². The van der Waals surface area contributed by atoms with E-state index in [0.717, 1.165) is 38.6 Å². The molecule has 0 aliphatic carbocycles. The SMILES string of the molecule is CCCOCCCNC(CCC)CCC. The molecular weight excluding hydrogens is 186 g/mol. The Morgan fingerprint density at radius 2 is 1.60 bits per heavy atom. The fourth-order valence-corrected chi connectivity index (χ4v) is 1.77. The highest BCUT2D eigenvalue weighted by molar-refractivity contribution is 4.65. The van der Waals surface area contributed by atoms with Crippen molar-refractivity contribution in [3.05, 3.63) is 0 Å². The number of nitrogens with one attached hydrogen (secondary N) is 1. The second-order valence-corrected chi connectivity index (χ2v) is 4.19. The Balaban J connectivity index is 3.28. The lowest BCUT2D eigenvalue weighted by Gasteiger charge is -2.17. The third-order valence-electron chi connectivity index (χ3n) is 2.52. The lowest BCUT2D eigenvalue weighted by molar-refractivity contribution is 0.131. The molecule has 2 heteroatoms. The smallest absolute Gasteiger partial charge is 0.0478 e. The summed E-state index contributed by atoms with van der Waals surface area (Å²) in [5, 5.41) is 3.62. The molecular formula is C13H29NO. The molecule has 0 aromatic carbocycles. The minimum absolute atomic E-state index is 0.728. The topological polar surface area (TPSA) is 21.3 Å². The molecule has 0 heterocycles. The van der Waals surface area contributed by atoms with E-state index in [-0.39, 0.29) is 0 Å². The Morgan fingerprint density at radius 3 is 2.13 bits per heavy atom. The van der Waals surface area contributed by atoms with Crippen LogP contribution in [0.2, 0.25) is 0 Å². The van der Waals surface area contributed by atoms with Gasteiger partial charge in [-0.1, -0.05) is 33.6 Å². The monoisotopic (exact) mass is 215 g/mol. The van der Waals surface area contributed by atoms with Gasteiger partial charge in [-0.2, -0.15) is 0 Å². The lowest BCUT2D eigenvalue weighted by atomic mass is 10.1. The van der Waals surface area contributed by atoms with Gasteiger partial charge in [0, 0.05) is 19.3 Å². The van der Waals surface area contributed by atoms with Crippen LogP contribution < -0.4 is 5.32 Å². The molecule has 92 valence electrons. The summed E-state index contributed by atoms with van der Waals surface area (Å²) >= 11 is 0. The number of hydrogen-bond donors (Lipinski definition) is 1.